The highest BCUT2D eigenvalue weighted by Gasteiger charge is 2.32. The monoisotopic (exact) mass is 336 g/mol. The molecule has 0 spiro atoms. The van der Waals surface area contributed by atoms with E-state index in [4.69, 9.17) is 4.52 Å². The Morgan fingerprint density at radius 3 is 2.83 bits per heavy atom. The largest absolute Gasteiger partial charge is 0.339 e. The Kier molecular flexibility index (Phi) is 4.57. The second kappa shape index (κ2) is 6.64. The fourth-order valence-electron chi connectivity index (χ4n) is 2.76. The molecule has 0 N–H and O–H groups in total. The third-order valence-corrected chi connectivity index (χ3v) is 4.19. The lowest BCUT2D eigenvalue weighted by Gasteiger charge is -2.37. The second-order valence-corrected chi connectivity index (χ2v) is 5.93. The molecular formula is C16H18F2N4O2. The summed E-state index contributed by atoms with van der Waals surface area (Å²) in [5.41, 5.74) is 0.186. The average Bonchev–Trinajstić information content (AvgIpc) is 2.96. The van der Waals surface area contributed by atoms with Crippen LogP contribution in [0, 0.1) is 18.6 Å². The van der Waals surface area contributed by atoms with Gasteiger partial charge < -0.3 is 9.42 Å². The summed E-state index contributed by atoms with van der Waals surface area (Å²) in [4.78, 5) is 20.4. The van der Waals surface area contributed by atoms with Gasteiger partial charge in [-0.05, 0) is 25.6 Å². The van der Waals surface area contributed by atoms with Crippen LogP contribution in [-0.2, 0) is 11.2 Å². The van der Waals surface area contributed by atoms with E-state index in [-0.39, 0.29) is 23.9 Å². The van der Waals surface area contributed by atoms with Gasteiger partial charge in [0.15, 0.2) is 5.82 Å². The molecule has 8 heteroatoms. The van der Waals surface area contributed by atoms with Crippen LogP contribution in [0.1, 0.15) is 23.3 Å². The summed E-state index contributed by atoms with van der Waals surface area (Å²) in [6.07, 6.45) is -0.106. The molecule has 3 rings (SSSR count). The maximum absolute atomic E-state index is 13.7. The molecule has 24 heavy (non-hydrogen) atoms. The number of carbonyl (C=O) groups is 1. The quantitative estimate of drug-likeness (QED) is 0.854. The van der Waals surface area contributed by atoms with Gasteiger partial charge in [-0.3, -0.25) is 9.69 Å². The first-order chi connectivity index (χ1) is 11.4. The number of rotatable bonds is 3. The van der Waals surface area contributed by atoms with Crippen LogP contribution < -0.4 is 0 Å². The summed E-state index contributed by atoms with van der Waals surface area (Å²) in [7, 11) is 1.92. The number of benzene rings is 1. The molecule has 128 valence electrons. The zero-order valence-electron chi connectivity index (χ0n) is 13.5. The molecule has 0 saturated carbocycles. The van der Waals surface area contributed by atoms with Crippen molar-refractivity contribution in [3.8, 4) is 0 Å². The Morgan fingerprint density at radius 1 is 1.38 bits per heavy atom. The highest BCUT2D eigenvalue weighted by atomic mass is 19.1. The average molecular weight is 336 g/mol. The van der Waals surface area contributed by atoms with Crippen molar-refractivity contribution in [3.05, 3.63) is 47.1 Å². The van der Waals surface area contributed by atoms with Gasteiger partial charge in [-0.25, -0.2) is 8.78 Å². The lowest BCUT2D eigenvalue weighted by molar-refractivity contribution is -0.133. The van der Waals surface area contributed by atoms with Crippen LogP contribution in [0.4, 0.5) is 8.78 Å². The van der Waals surface area contributed by atoms with E-state index in [1.807, 2.05) is 11.9 Å². The zero-order valence-corrected chi connectivity index (χ0v) is 13.5. The molecule has 2 heterocycles. The zero-order chi connectivity index (χ0) is 17.3. The molecule has 1 aromatic heterocycles. The van der Waals surface area contributed by atoms with Crippen LogP contribution in [0.5, 0.6) is 0 Å². The van der Waals surface area contributed by atoms with Gasteiger partial charge in [-0.1, -0.05) is 11.2 Å². The fraction of sp³-hybridized carbons (Fsp3) is 0.438. The molecule has 1 saturated heterocycles. The molecular weight excluding hydrogens is 318 g/mol. The van der Waals surface area contributed by atoms with E-state index < -0.39 is 11.6 Å². The van der Waals surface area contributed by atoms with Crippen molar-refractivity contribution >= 4 is 5.91 Å². The standard InChI is InChI=1S/C16H18F2N4O2/c1-10-19-16(24-20-10)14-9-22(6-5-21(14)2)15(23)7-11-3-4-12(17)8-13(11)18/h3-4,8,14H,5-7,9H2,1-2H3/t14-/m1/s1. The number of amides is 1. The Labute approximate surface area is 138 Å². The number of aryl methyl sites for hydroxylation is 1. The number of hydrogen-bond donors (Lipinski definition) is 0. The lowest BCUT2D eigenvalue weighted by atomic mass is 10.1. The summed E-state index contributed by atoms with van der Waals surface area (Å²) in [5, 5.41) is 3.78. The fourth-order valence-corrected chi connectivity index (χ4v) is 2.76. The van der Waals surface area contributed by atoms with E-state index in [1.54, 1.807) is 11.8 Å². The van der Waals surface area contributed by atoms with Gasteiger partial charge in [-0.15, -0.1) is 0 Å². The van der Waals surface area contributed by atoms with Crippen molar-refractivity contribution in [2.75, 3.05) is 26.7 Å². The number of aromatic nitrogens is 2. The molecule has 1 aliphatic rings. The SMILES string of the molecule is Cc1noc([C@H]2CN(C(=O)Cc3ccc(F)cc3F)CCN2C)n1. The molecule has 6 nitrogen and oxygen atoms in total. The van der Waals surface area contributed by atoms with Gasteiger partial charge in [0.1, 0.15) is 17.7 Å². The van der Waals surface area contributed by atoms with Crippen molar-refractivity contribution in [3.63, 3.8) is 0 Å². The lowest BCUT2D eigenvalue weighted by Crippen LogP contribution is -2.49. The predicted molar refractivity (Wildman–Crippen MR) is 81.0 cm³/mol. The van der Waals surface area contributed by atoms with Gasteiger partial charge >= 0.3 is 0 Å². The highest BCUT2D eigenvalue weighted by Crippen LogP contribution is 2.23. The van der Waals surface area contributed by atoms with Gasteiger partial charge in [0.2, 0.25) is 11.8 Å². The normalized spacial score (nSPS) is 18.8. The summed E-state index contributed by atoms with van der Waals surface area (Å²) in [6.45, 7) is 3.29. The Hall–Kier alpha value is -2.35. The van der Waals surface area contributed by atoms with Crippen LogP contribution >= 0.6 is 0 Å². The predicted octanol–water partition coefficient (Wildman–Crippen LogP) is 1.71. The molecule has 1 fully saturated rings. The van der Waals surface area contributed by atoms with Gasteiger partial charge in [0, 0.05) is 25.7 Å². The second-order valence-electron chi connectivity index (χ2n) is 5.93. The number of nitrogens with zero attached hydrogens (tertiary/aromatic N) is 4. The Bertz CT molecular complexity index is 749. The summed E-state index contributed by atoms with van der Waals surface area (Å²) >= 11 is 0. The molecule has 1 amide bonds. The maximum atomic E-state index is 13.7. The Balaban J connectivity index is 1.71. The van der Waals surface area contributed by atoms with E-state index >= 15 is 0 Å². The minimum atomic E-state index is -0.707. The number of likely N-dealkylation sites (N-methyl/N-ethyl adjacent to an activating group) is 1. The molecule has 1 aliphatic heterocycles. The number of carbonyl (C=O) groups excluding carboxylic acids is 1. The summed E-state index contributed by atoms with van der Waals surface area (Å²) in [6, 6.07) is 3.05. The molecule has 0 aliphatic carbocycles. The molecule has 2 aromatic rings. The molecule has 1 atom stereocenters. The summed E-state index contributed by atoms with van der Waals surface area (Å²) in [5.74, 6) is -0.581. The van der Waals surface area contributed by atoms with E-state index in [0.29, 0.717) is 31.3 Å². The third kappa shape index (κ3) is 3.43. The van der Waals surface area contributed by atoms with E-state index in [1.165, 1.54) is 6.07 Å². The van der Waals surface area contributed by atoms with Crippen LogP contribution in [0.2, 0.25) is 0 Å². The first-order valence-corrected chi connectivity index (χ1v) is 7.66. The molecule has 0 radical (unpaired) electrons. The molecule has 1 aromatic carbocycles. The first kappa shape index (κ1) is 16.5. The van der Waals surface area contributed by atoms with Crippen molar-refractivity contribution < 1.29 is 18.1 Å². The molecule has 0 bridgehead atoms. The van der Waals surface area contributed by atoms with Gasteiger partial charge in [-0.2, -0.15) is 4.98 Å². The molecule has 0 unspecified atom stereocenters. The minimum Gasteiger partial charge on any atom is -0.339 e. The number of hydrogen-bond acceptors (Lipinski definition) is 5. The van der Waals surface area contributed by atoms with Crippen LogP contribution in [0.15, 0.2) is 22.7 Å². The van der Waals surface area contributed by atoms with Crippen LogP contribution in [-0.4, -0.2) is 52.5 Å². The van der Waals surface area contributed by atoms with Crippen LogP contribution in [0.3, 0.4) is 0 Å². The van der Waals surface area contributed by atoms with Crippen LogP contribution in [0.25, 0.3) is 0 Å². The van der Waals surface area contributed by atoms with Crippen molar-refractivity contribution in [1.82, 2.24) is 19.9 Å². The van der Waals surface area contributed by atoms with E-state index in [9.17, 15) is 13.6 Å². The van der Waals surface area contributed by atoms with E-state index in [2.05, 4.69) is 10.1 Å². The smallest absolute Gasteiger partial charge is 0.245 e. The maximum Gasteiger partial charge on any atom is 0.245 e. The van der Waals surface area contributed by atoms with Crippen molar-refractivity contribution in [2.24, 2.45) is 0 Å². The van der Waals surface area contributed by atoms with Gasteiger partial charge in [0.05, 0.1) is 6.42 Å². The van der Waals surface area contributed by atoms with Crippen molar-refractivity contribution in [2.45, 2.75) is 19.4 Å². The first-order valence-electron chi connectivity index (χ1n) is 7.66. The Morgan fingerprint density at radius 2 is 2.17 bits per heavy atom. The topological polar surface area (TPSA) is 62.5 Å². The number of piperazine rings is 1. The number of halogens is 2. The van der Waals surface area contributed by atoms with Gasteiger partial charge in [0.25, 0.3) is 0 Å². The highest BCUT2D eigenvalue weighted by molar-refractivity contribution is 5.79. The van der Waals surface area contributed by atoms with Crippen molar-refractivity contribution in [1.29, 1.82) is 0 Å². The van der Waals surface area contributed by atoms with E-state index in [0.717, 1.165) is 12.1 Å². The third-order valence-electron chi connectivity index (χ3n) is 4.19. The summed E-state index contributed by atoms with van der Waals surface area (Å²) < 4.78 is 31.9. The minimum absolute atomic E-state index is 0.106.